The fraction of sp³-hybridized carbons (Fsp3) is 0.444. The quantitative estimate of drug-likeness (QED) is 0.815. The number of nitrogens with one attached hydrogen (secondary N) is 2. The second-order valence-electron chi connectivity index (χ2n) is 3.40. The van der Waals surface area contributed by atoms with E-state index in [1.54, 1.807) is 18.0 Å². The molecule has 0 spiro atoms. The van der Waals surface area contributed by atoms with Crippen LogP contribution in [0.2, 0.25) is 0 Å². The molecule has 2 N–H and O–H groups in total. The van der Waals surface area contributed by atoms with Gasteiger partial charge in [0.05, 0.1) is 12.2 Å². The van der Waals surface area contributed by atoms with Crippen LogP contribution < -0.4 is 10.6 Å². The van der Waals surface area contributed by atoms with Crippen LogP contribution in [-0.2, 0) is 4.79 Å². The molecule has 17 heavy (non-hydrogen) atoms. The Balaban J connectivity index is 2.02. The van der Waals surface area contributed by atoms with Crippen LogP contribution in [-0.4, -0.2) is 40.0 Å². The molecule has 1 unspecified atom stereocenters. The number of nitrogens with zero attached hydrogens (tertiary/aromatic N) is 2. The minimum Gasteiger partial charge on any atom is -0.307 e. The first-order valence-corrected chi connectivity index (χ1v) is 7.71. The van der Waals surface area contributed by atoms with Crippen molar-refractivity contribution in [3.05, 3.63) is 15.4 Å². The Morgan fingerprint density at radius 2 is 2.41 bits per heavy atom. The first kappa shape index (κ1) is 13.3. The van der Waals surface area contributed by atoms with Crippen molar-refractivity contribution in [1.29, 1.82) is 0 Å². The van der Waals surface area contributed by atoms with Gasteiger partial charge in [-0.2, -0.15) is 11.8 Å². The van der Waals surface area contributed by atoms with E-state index in [2.05, 4.69) is 52.5 Å². The Labute approximate surface area is 120 Å². The number of halogens is 2. The summed E-state index contributed by atoms with van der Waals surface area (Å²) in [5.41, 5.74) is 0. The Morgan fingerprint density at radius 1 is 1.59 bits per heavy atom. The topological polar surface area (TPSA) is 66.9 Å². The van der Waals surface area contributed by atoms with Gasteiger partial charge in [-0.3, -0.25) is 4.79 Å². The molecular formula is C9H10Br2N4OS. The normalized spacial score (nSPS) is 20.0. The minimum atomic E-state index is -0.161. The van der Waals surface area contributed by atoms with Gasteiger partial charge in [-0.15, -0.1) is 0 Å². The molecule has 8 heteroatoms. The zero-order valence-corrected chi connectivity index (χ0v) is 12.7. The first-order chi connectivity index (χ1) is 8.16. The summed E-state index contributed by atoms with van der Waals surface area (Å²) in [5, 5.41) is 5.92. The lowest BCUT2D eigenvalue weighted by Crippen LogP contribution is -2.46. The number of anilines is 1. The number of carbonyl (C=O) groups is 1. The molecule has 1 aromatic rings. The number of aromatic nitrogens is 2. The highest BCUT2D eigenvalue weighted by atomic mass is 79.9. The molecule has 0 saturated carbocycles. The number of hydrogen-bond acceptors (Lipinski definition) is 5. The van der Waals surface area contributed by atoms with Crippen molar-refractivity contribution in [2.45, 2.75) is 6.04 Å². The SMILES string of the molecule is O=C(Nc1ncc(Br)nc1Br)C1CSCCN1. The summed E-state index contributed by atoms with van der Waals surface area (Å²) in [6.45, 7) is 0.857. The molecule has 1 saturated heterocycles. The molecule has 1 aliphatic heterocycles. The lowest BCUT2D eigenvalue weighted by atomic mass is 10.3. The number of hydrogen-bond donors (Lipinski definition) is 2. The molecule has 1 aromatic heterocycles. The number of thioether (sulfide) groups is 1. The highest BCUT2D eigenvalue weighted by Crippen LogP contribution is 2.20. The zero-order valence-electron chi connectivity index (χ0n) is 8.74. The van der Waals surface area contributed by atoms with E-state index in [0.29, 0.717) is 15.0 Å². The van der Waals surface area contributed by atoms with Gasteiger partial charge < -0.3 is 10.6 Å². The lowest BCUT2D eigenvalue weighted by Gasteiger charge is -2.22. The van der Waals surface area contributed by atoms with Gasteiger partial charge in [-0.25, -0.2) is 9.97 Å². The Hall–Kier alpha value is -0.180. The van der Waals surface area contributed by atoms with Crippen molar-refractivity contribution in [2.75, 3.05) is 23.4 Å². The van der Waals surface area contributed by atoms with E-state index >= 15 is 0 Å². The molecule has 1 aliphatic rings. The van der Waals surface area contributed by atoms with E-state index < -0.39 is 0 Å². The second-order valence-corrected chi connectivity index (χ2v) is 6.12. The van der Waals surface area contributed by atoms with Crippen LogP contribution in [0, 0.1) is 0 Å². The summed E-state index contributed by atoms with van der Waals surface area (Å²) in [6, 6.07) is -0.161. The largest absolute Gasteiger partial charge is 0.307 e. The molecule has 0 aromatic carbocycles. The highest BCUT2D eigenvalue weighted by molar-refractivity contribution is 9.11. The third kappa shape index (κ3) is 3.64. The molecule has 5 nitrogen and oxygen atoms in total. The second kappa shape index (κ2) is 6.12. The van der Waals surface area contributed by atoms with Crippen molar-refractivity contribution in [2.24, 2.45) is 0 Å². The minimum absolute atomic E-state index is 0.0745. The molecule has 0 aliphatic carbocycles. The van der Waals surface area contributed by atoms with E-state index in [1.165, 1.54) is 0 Å². The lowest BCUT2D eigenvalue weighted by molar-refractivity contribution is -0.117. The van der Waals surface area contributed by atoms with Gasteiger partial charge >= 0.3 is 0 Å². The van der Waals surface area contributed by atoms with E-state index in [-0.39, 0.29) is 11.9 Å². The molecule has 92 valence electrons. The van der Waals surface area contributed by atoms with Crippen molar-refractivity contribution in [1.82, 2.24) is 15.3 Å². The number of rotatable bonds is 2. The van der Waals surface area contributed by atoms with Crippen LogP contribution in [0.1, 0.15) is 0 Å². The molecule has 1 fully saturated rings. The maximum absolute atomic E-state index is 11.9. The van der Waals surface area contributed by atoms with E-state index in [0.717, 1.165) is 18.1 Å². The van der Waals surface area contributed by atoms with Crippen molar-refractivity contribution in [3.63, 3.8) is 0 Å². The maximum Gasteiger partial charge on any atom is 0.243 e. The van der Waals surface area contributed by atoms with Crippen molar-refractivity contribution >= 4 is 55.3 Å². The molecule has 1 amide bonds. The summed E-state index contributed by atoms with van der Waals surface area (Å²) >= 11 is 8.23. The average molecular weight is 382 g/mol. The zero-order chi connectivity index (χ0) is 12.3. The molecule has 1 atom stereocenters. The summed E-state index contributed by atoms with van der Waals surface area (Å²) < 4.78 is 1.14. The highest BCUT2D eigenvalue weighted by Gasteiger charge is 2.22. The van der Waals surface area contributed by atoms with Crippen LogP contribution in [0.5, 0.6) is 0 Å². The summed E-state index contributed by atoms with van der Waals surface area (Å²) in [4.78, 5) is 20.1. The number of carbonyl (C=O) groups excluding carboxylic acids is 1. The Kier molecular flexibility index (Phi) is 4.78. The standard InChI is InChI=1S/C9H10Br2N4OS/c10-6-3-13-8(7(11)14-6)15-9(16)5-4-17-2-1-12-5/h3,5,12H,1-2,4H2,(H,13,15,16). The van der Waals surface area contributed by atoms with E-state index in [4.69, 9.17) is 0 Å². The van der Waals surface area contributed by atoms with Gasteiger partial charge in [0.1, 0.15) is 9.21 Å². The van der Waals surface area contributed by atoms with Crippen LogP contribution >= 0.6 is 43.6 Å². The van der Waals surface area contributed by atoms with Crippen LogP contribution in [0.15, 0.2) is 15.4 Å². The fourth-order valence-corrected chi connectivity index (χ4v) is 3.21. The van der Waals surface area contributed by atoms with Gasteiger partial charge in [0.25, 0.3) is 0 Å². The van der Waals surface area contributed by atoms with Gasteiger partial charge in [0.2, 0.25) is 5.91 Å². The smallest absolute Gasteiger partial charge is 0.243 e. The monoisotopic (exact) mass is 380 g/mol. The Morgan fingerprint density at radius 3 is 3.06 bits per heavy atom. The molecule has 2 heterocycles. The molecule has 0 bridgehead atoms. The van der Waals surface area contributed by atoms with Crippen LogP contribution in [0.3, 0.4) is 0 Å². The van der Waals surface area contributed by atoms with Crippen molar-refractivity contribution in [3.8, 4) is 0 Å². The Bertz CT molecular complexity index is 425. The summed E-state index contributed by atoms with van der Waals surface area (Å²) in [6.07, 6.45) is 1.55. The number of amides is 1. The molecule has 0 radical (unpaired) electrons. The van der Waals surface area contributed by atoms with Crippen LogP contribution in [0.25, 0.3) is 0 Å². The third-order valence-corrected chi connectivity index (χ3v) is 4.18. The fourth-order valence-electron chi connectivity index (χ4n) is 1.37. The average Bonchev–Trinajstić information content (AvgIpc) is 2.34. The van der Waals surface area contributed by atoms with Gasteiger partial charge in [0, 0.05) is 18.1 Å². The van der Waals surface area contributed by atoms with E-state index in [1.807, 2.05) is 0 Å². The summed E-state index contributed by atoms with van der Waals surface area (Å²) in [5.74, 6) is 2.20. The molecular weight excluding hydrogens is 372 g/mol. The van der Waals surface area contributed by atoms with Crippen molar-refractivity contribution < 1.29 is 4.79 Å². The first-order valence-electron chi connectivity index (χ1n) is 4.97. The predicted molar refractivity (Wildman–Crippen MR) is 75.2 cm³/mol. The van der Waals surface area contributed by atoms with Gasteiger partial charge in [-0.05, 0) is 31.9 Å². The summed E-state index contributed by atoms with van der Waals surface area (Å²) in [7, 11) is 0. The van der Waals surface area contributed by atoms with Crippen LogP contribution in [0.4, 0.5) is 5.82 Å². The predicted octanol–water partition coefficient (Wildman–Crippen LogP) is 1.65. The third-order valence-electron chi connectivity index (χ3n) is 2.18. The van der Waals surface area contributed by atoms with Gasteiger partial charge in [-0.1, -0.05) is 0 Å². The van der Waals surface area contributed by atoms with Gasteiger partial charge in [0.15, 0.2) is 5.82 Å². The van der Waals surface area contributed by atoms with E-state index in [9.17, 15) is 4.79 Å². The molecule has 2 rings (SSSR count). The maximum atomic E-state index is 11.9.